The molecule has 6 heteroatoms. The van der Waals surface area contributed by atoms with Crippen molar-refractivity contribution in [3.63, 3.8) is 0 Å². The summed E-state index contributed by atoms with van der Waals surface area (Å²) < 4.78 is 69.3. The van der Waals surface area contributed by atoms with Crippen molar-refractivity contribution in [3.05, 3.63) is 114 Å². The second-order valence-electron chi connectivity index (χ2n) is 13.5. The number of nitrogens with zero attached hydrogens (tertiary/aromatic N) is 2. The second-order valence-corrected chi connectivity index (χ2v) is 24.0. The maximum Gasteiger partial charge on any atom is 0.120 e. The molecule has 0 N–H and O–H groups in total. The molecular formula is C40H43FGeIrN2O-2. The normalized spacial score (nSPS) is 14.5. The molecule has 0 saturated carbocycles. The number of furan rings is 1. The van der Waals surface area contributed by atoms with Crippen LogP contribution in [-0.4, -0.2) is 23.2 Å². The fraction of sp³-hybridized carbons (Fsp3) is 0.300. The van der Waals surface area contributed by atoms with Crippen LogP contribution in [0.3, 0.4) is 0 Å². The van der Waals surface area contributed by atoms with Gasteiger partial charge in [-0.1, -0.05) is 61.5 Å². The van der Waals surface area contributed by atoms with Gasteiger partial charge in [0.2, 0.25) is 0 Å². The van der Waals surface area contributed by atoms with Gasteiger partial charge in [-0.2, -0.15) is 0 Å². The largest absolute Gasteiger partial charge is 0.501 e. The van der Waals surface area contributed by atoms with Gasteiger partial charge < -0.3 is 9.40 Å². The Morgan fingerprint density at radius 3 is 2.39 bits per heavy atom. The van der Waals surface area contributed by atoms with Crippen LogP contribution in [0, 0.1) is 30.2 Å². The van der Waals surface area contributed by atoms with E-state index >= 15 is 0 Å². The minimum Gasteiger partial charge on any atom is -0.501 e. The van der Waals surface area contributed by atoms with Crippen LogP contribution < -0.4 is 4.40 Å². The molecule has 3 heterocycles. The van der Waals surface area contributed by atoms with Gasteiger partial charge >= 0.3 is 135 Å². The van der Waals surface area contributed by atoms with Gasteiger partial charge in [0.15, 0.2) is 0 Å². The number of hydrogen-bond acceptors (Lipinski definition) is 3. The van der Waals surface area contributed by atoms with Crippen molar-refractivity contribution >= 4 is 39.6 Å². The first kappa shape index (κ1) is 27.9. The molecular weight excluding hydrogens is 808 g/mol. The molecule has 0 unspecified atom stereocenters. The standard InChI is InChI=1S/C22H20NO.C18H23FGeN.Ir/c1-22(2,3)14-15-11-12-23-19(13-15)18-9-6-8-17-16-7-4-5-10-20(16)24-21(17)18;1-12(2)15-10-18(21-11-17(15)20(4,5)6)14-8-7-13(3)9-16(14)19;/h4-8,10-13H,14H2,1-3H3;7,9-12H,1-6H3;/q2*-1;/i14D2;3D3,12D;. The van der Waals surface area contributed by atoms with Gasteiger partial charge in [-0.25, -0.2) is 0 Å². The van der Waals surface area contributed by atoms with E-state index < -0.39 is 43.6 Å². The van der Waals surface area contributed by atoms with Gasteiger partial charge in [-0.3, -0.25) is 0 Å². The van der Waals surface area contributed by atoms with E-state index in [0.29, 0.717) is 17.0 Å². The SMILES string of the molecule is [2H]C([2H])([2H])c1c[c-]c(-c2cc(C([2H])(C)C)[c]([Ge]([CH3])([CH3])[CH3])cn2)c(F)c1.[2H]C([2H])(c1ccnc(-c2[c-]ccc3c2oc2ccccc23)c1)C(C)(C)C.[Ir]. The Morgan fingerprint density at radius 2 is 1.72 bits per heavy atom. The van der Waals surface area contributed by atoms with Gasteiger partial charge in [0.25, 0.3) is 0 Å². The molecule has 46 heavy (non-hydrogen) atoms. The molecule has 0 bridgehead atoms. The molecule has 0 saturated heterocycles. The van der Waals surface area contributed by atoms with Crippen LogP contribution >= 0.6 is 0 Å². The first-order valence-corrected chi connectivity index (χ1v) is 22.4. The van der Waals surface area contributed by atoms with Crippen LogP contribution in [0.15, 0.2) is 83.5 Å². The molecule has 3 aromatic heterocycles. The van der Waals surface area contributed by atoms with Crippen molar-refractivity contribution in [1.29, 1.82) is 0 Å². The van der Waals surface area contributed by atoms with Crippen LogP contribution in [0.2, 0.25) is 17.3 Å². The zero-order chi connectivity index (χ0) is 37.7. The Morgan fingerprint density at radius 1 is 0.978 bits per heavy atom. The van der Waals surface area contributed by atoms with E-state index in [1.54, 1.807) is 38.4 Å². The summed E-state index contributed by atoms with van der Waals surface area (Å²) in [5, 5.41) is 2.07. The third-order valence-corrected chi connectivity index (χ3v) is 11.5. The maximum atomic E-state index is 14.5. The Balaban J connectivity index is 0.000000229. The number of benzene rings is 3. The van der Waals surface area contributed by atoms with Gasteiger partial charge in [0, 0.05) is 34.4 Å². The fourth-order valence-corrected chi connectivity index (χ4v) is 8.55. The first-order valence-electron chi connectivity index (χ1n) is 18.0. The van der Waals surface area contributed by atoms with Gasteiger partial charge in [0.1, 0.15) is 5.58 Å². The van der Waals surface area contributed by atoms with E-state index in [-0.39, 0.29) is 31.2 Å². The maximum absolute atomic E-state index is 14.5. The smallest absolute Gasteiger partial charge is 0.120 e. The first-order chi connectivity index (χ1) is 23.5. The van der Waals surface area contributed by atoms with Gasteiger partial charge in [0.05, 0.1) is 5.58 Å². The summed E-state index contributed by atoms with van der Waals surface area (Å²) in [4.78, 5) is 8.86. The zero-order valence-electron chi connectivity index (χ0n) is 33.5. The van der Waals surface area contributed by atoms with Crippen molar-refractivity contribution in [2.75, 3.05) is 0 Å². The molecule has 1 radical (unpaired) electrons. The summed E-state index contributed by atoms with van der Waals surface area (Å²) >= 11 is -2.25. The quantitative estimate of drug-likeness (QED) is 0.128. The second kappa shape index (κ2) is 14.3. The number of fused-ring (bicyclic) bond motifs is 3. The summed E-state index contributed by atoms with van der Waals surface area (Å²) in [7, 11) is 0. The molecule has 0 aliphatic heterocycles. The van der Waals surface area contributed by atoms with Gasteiger partial charge in [-0.15, -0.1) is 18.2 Å². The molecule has 0 atom stereocenters. The van der Waals surface area contributed by atoms with Crippen LogP contribution in [-0.2, 0) is 26.5 Å². The number of para-hydroxylation sites is 1. The topological polar surface area (TPSA) is 38.9 Å². The molecule has 6 aromatic rings. The Labute approximate surface area is 298 Å². The predicted octanol–water partition coefficient (Wildman–Crippen LogP) is 10.7. The number of aromatic nitrogens is 2. The van der Waals surface area contributed by atoms with Crippen LogP contribution in [0.5, 0.6) is 0 Å². The molecule has 0 amide bonds. The Bertz CT molecular complexity index is 2220. The molecule has 0 aliphatic rings. The van der Waals surface area contributed by atoms with Crippen LogP contribution in [0.25, 0.3) is 44.5 Å². The van der Waals surface area contributed by atoms with E-state index in [0.717, 1.165) is 43.5 Å². The third-order valence-electron chi connectivity index (χ3n) is 7.27. The molecule has 3 aromatic carbocycles. The van der Waals surface area contributed by atoms with Gasteiger partial charge in [-0.05, 0) is 29.6 Å². The minimum atomic E-state index is -2.37. The molecule has 0 spiro atoms. The average Bonchev–Trinajstić information content (AvgIpc) is 3.42. The fourth-order valence-electron chi connectivity index (χ4n) is 5.23. The zero-order valence-corrected chi connectivity index (χ0v) is 32.0. The number of halogens is 1. The summed E-state index contributed by atoms with van der Waals surface area (Å²) in [5.74, 6) is 5.18. The van der Waals surface area contributed by atoms with Crippen molar-refractivity contribution in [1.82, 2.24) is 9.97 Å². The minimum absolute atomic E-state index is 0. The van der Waals surface area contributed by atoms with E-state index in [1.807, 2.05) is 63.2 Å². The summed E-state index contributed by atoms with van der Waals surface area (Å²) in [6, 6.07) is 25.3. The monoisotopic (exact) mass is 859 g/mol. The van der Waals surface area contributed by atoms with E-state index in [1.165, 1.54) is 6.07 Å². The van der Waals surface area contributed by atoms with E-state index in [9.17, 15) is 4.39 Å². The van der Waals surface area contributed by atoms with E-state index in [4.69, 9.17) is 12.6 Å². The Kier molecular flexibility index (Phi) is 8.71. The van der Waals surface area contributed by atoms with Crippen LogP contribution in [0.4, 0.5) is 4.39 Å². The number of hydrogen-bond donors (Lipinski definition) is 0. The van der Waals surface area contributed by atoms with Crippen molar-refractivity contribution in [3.8, 4) is 22.5 Å². The molecule has 6 rings (SSSR count). The molecule has 0 aliphatic carbocycles. The average molecular weight is 858 g/mol. The van der Waals surface area contributed by atoms with Crippen molar-refractivity contribution in [2.45, 2.75) is 71.0 Å². The van der Waals surface area contributed by atoms with Crippen molar-refractivity contribution < 1.29 is 37.1 Å². The molecule has 241 valence electrons. The summed E-state index contributed by atoms with van der Waals surface area (Å²) in [6.45, 7) is 6.95. The Hall–Kier alpha value is -3.12. The third kappa shape index (κ3) is 8.23. The molecule has 0 fully saturated rings. The number of aryl methyl sites for hydroxylation is 1. The van der Waals surface area contributed by atoms with Crippen LogP contribution in [0.1, 0.15) is 65.4 Å². The number of pyridine rings is 2. The molecule has 3 nitrogen and oxygen atoms in total. The summed E-state index contributed by atoms with van der Waals surface area (Å²) in [5.41, 5.74) is 4.32. The predicted molar refractivity (Wildman–Crippen MR) is 189 cm³/mol. The summed E-state index contributed by atoms with van der Waals surface area (Å²) in [6.07, 6.45) is 1.93. The number of rotatable bonds is 5. The van der Waals surface area contributed by atoms with Crippen molar-refractivity contribution in [2.24, 2.45) is 5.41 Å². The van der Waals surface area contributed by atoms with E-state index in [2.05, 4.69) is 39.4 Å².